The Morgan fingerprint density at radius 2 is 2.10 bits per heavy atom. The van der Waals surface area contributed by atoms with E-state index >= 15 is 0 Å². The van der Waals surface area contributed by atoms with Gasteiger partial charge < -0.3 is 9.84 Å². The Bertz CT molecular complexity index is 813. The lowest BCUT2D eigenvalue weighted by Gasteiger charge is -2.52. The maximum atomic E-state index is 11.5. The van der Waals surface area contributed by atoms with Crippen molar-refractivity contribution in [2.45, 2.75) is 45.0 Å². The van der Waals surface area contributed by atoms with Crippen molar-refractivity contribution in [2.75, 3.05) is 32.0 Å². The molecule has 2 aliphatic heterocycles. The quantitative estimate of drug-likeness (QED) is 0.651. The van der Waals surface area contributed by atoms with Crippen LogP contribution >= 0.6 is 11.3 Å². The van der Waals surface area contributed by atoms with E-state index < -0.39 is 22.2 Å². The van der Waals surface area contributed by atoms with Gasteiger partial charge in [0.15, 0.2) is 0 Å². The first-order valence-electron chi connectivity index (χ1n) is 9.38. The van der Waals surface area contributed by atoms with Gasteiger partial charge in [-0.1, -0.05) is 0 Å². The fourth-order valence-electron chi connectivity index (χ4n) is 3.24. The minimum atomic E-state index is -5.08. The Kier molecular flexibility index (Phi) is 8.24. The fourth-order valence-corrected chi connectivity index (χ4v) is 4.75. The van der Waals surface area contributed by atoms with Gasteiger partial charge in [0.2, 0.25) is 10.0 Å². The molecule has 30 heavy (non-hydrogen) atoms. The summed E-state index contributed by atoms with van der Waals surface area (Å²) >= 11 is 1.71. The van der Waals surface area contributed by atoms with Crippen molar-refractivity contribution in [1.82, 2.24) is 14.6 Å². The average Bonchev–Trinajstić information content (AvgIpc) is 3.04. The van der Waals surface area contributed by atoms with Crippen LogP contribution in [0.1, 0.15) is 30.3 Å². The third kappa shape index (κ3) is 7.15. The van der Waals surface area contributed by atoms with Gasteiger partial charge >= 0.3 is 12.1 Å². The lowest BCUT2D eigenvalue weighted by Crippen LogP contribution is -2.64. The predicted octanol–water partition coefficient (Wildman–Crippen LogP) is 2.01. The van der Waals surface area contributed by atoms with Gasteiger partial charge in [0.05, 0.1) is 29.2 Å². The van der Waals surface area contributed by atoms with Crippen LogP contribution < -0.4 is 4.72 Å². The molecule has 0 amide bonds. The number of likely N-dealkylation sites (tertiary alicyclic amines) is 1. The highest BCUT2D eigenvalue weighted by molar-refractivity contribution is 7.89. The van der Waals surface area contributed by atoms with Crippen LogP contribution in [-0.2, 0) is 26.1 Å². The third-order valence-electron chi connectivity index (χ3n) is 5.08. The molecule has 3 rings (SSSR count). The number of halogens is 3. The fraction of sp³-hybridized carbons (Fsp3) is 0.765. The number of carbonyl (C=O) groups is 1. The molecule has 2 N–H and O–H groups in total. The molecule has 13 heteroatoms. The highest BCUT2D eigenvalue weighted by Crippen LogP contribution is 2.37. The van der Waals surface area contributed by atoms with Crippen LogP contribution in [-0.4, -0.2) is 73.1 Å². The molecule has 172 valence electrons. The predicted molar refractivity (Wildman–Crippen MR) is 105 cm³/mol. The average molecular weight is 474 g/mol. The summed E-state index contributed by atoms with van der Waals surface area (Å²) in [6, 6.07) is 0. The monoisotopic (exact) mass is 473 g/mol. The molecule has 1 unspecified atom stereocenters. The van der Waals surface area contributed by atoms with Gasteiger partial charge in [0.1, 0.15) is 0 Å². The van der Waals surface area contributed by atoms with E-state index in [-0.39, 0.29) is 11.4 Å². The number of aliphatic carboxylic acids is 1. The highest BCUT2D eigenvalue weighted by Gasteiger charge is 2.46. The van der Waals surface area contributed by atoms with E-state index in [0.29, 0.717) is 19.1 Å². The van der Waals surface area contributed by atoms with Crippen molar-refractivity contribution in [1.29, 1.82) is 0 Å². The maximum absolute atomic E-state index is 11.5. The molecule has 2 aliphatic rings. The number of carboxylic acids is 1. The van der Waals surface area contributed by atoms with E-state index in [9.17, 15) is 21.6 Å². The molecule has 2 fully saturated rings. The molecule has 0 bridgehead atoms. The lowest BCUT2D eigenvalue weighted by atomic mass is 9.83. The summed E-state index contributed by atoms with van der Waals surface area (Å²) in [6.45, 7) is 7.76. The zero-order chi connectivity index (χ0) is 22.6. The van der Waals surface area contributed by atoms with Crippen LogP contribution in [0.4, 0.5) is 13.2 Å². The maximum Gasteiger partial charge on any atom is 0.490 e. The summed E-state index contributed by atoms with van der Waals surface area (Å²) in [5.41, 5.74) is 3.03. The van der Waals surface area contributed by atoms with Crippen molar-refractivity contribution < 1.29 is 36.2 Å². The van der Waals surface area contributed by atoms with E-state index in [1.807, 2.05) is 5.51 Å². The second-order valence-corrected chi connectivity index (χ2v) is 10.5. The normalized spacial score (nSPS) is 21.6. The lowest BCUT2D eigenvalue weighted by molar-refractivity contribution is -0.192. The summed E-state index contributed by atoms with van der Waals surface area (Å²) in [5.74, 6) is -2.33. The second kappa shape index (κ2) is 9.90. The van der Waals surface area contributed by atoms with Crippen molar-refractivity contribution in [3.05, 3.63) is 16.1 Å². The molecule has 3 heterocycles. The van der Waals surface area contributed by atoms with Crippen molar-refractivity contribution in [2.24, 2.45) is 5.92 Å². The van der Waals surface area contributed by atoms with Gasteiger partial charge in [-0.3, -0.25) is 4.90 Å². The Balaban J connectivity index is 0.000000396. The van der Waals surface area contributed by atoms with E-state index in [1.165, 1.54) is 4.88 Å². The van der Waals surface area contributed by atoms with Crippen molar-refractivity contribution >= 4 is 27.3 Å². The Morgan fingerprint density at radius 3 is 2.53 bits per heavy atom. The van der Waals surface area contributed by atoms with Gasteiger partial charge in [-0.2, -0.15) is 13.2 Å². The molecule has 8 nitrogen and oxygen atoms in total. The number of hydrogen-bond donors (Lipinski definition) is 2. The number of ether oxygens (including phenoxy) is 1. The smallest absolute Gasteiger partial charge is 0.475 e. The standard InChI is InChI=1S/C15H25N3O3S2.C2HF3O2/c1-3-23(19,20)17-6-13-4-5-15(21-8-13)9-18(10-15)7-14-12(2)16-11-22-14;3-2(4,5)1(6)7/h11,13,17H,3-10H2,1-2H3;(H,6,7). The summed E-state index contributed by atoms with van der Waals surface area (Å²) in [4.78, 5) is 16.9. The van der Waals surface area contributed by atoms with Crippen LogP contribution in [0.25, 0.3) is 0 Å². The van der Waals surface area contributed by atoms with Crippen LogP contribution in [0.5, 0.6) is 0 Å². The molecule has 0 aliphatic carbocycles. The number of carboxylic acid groups (broad SMARTS) is 1. The molecule has 0 saturated carbocycles. The number of hydrogen-bond acceptors (Lipinski definition) is 7. The number of rotatable bonds is 6. The molecule has 0 radical (unpaired) electrons. The first kappa shape index (κ1) is 25.0. The molecule has 0 aromatic carbocycles. The SMILES string of the molecule is CCS(=O)(=O)NCC1CCC2(CN(Cc3scnc3C)C2)OC1.O=C(O)C(F)(F)F. The molecular formula is C17H26F3N3O5S2. The summed E-state index contributed by atoms with van der Waals surface area (Å²) in [5, 5.41) is 7.12. The van der Waals surface area contributed by atoms with Crippen LogP contribution in [0.15, 0.2) is 5.51 Å². The second-order valence-electron chi connectivity index (χ2n) is 7.46. The number of sulfonamides is 1. The first-order chi connectivity index (χ1) is 13.9. The number of thiazole rings is 1. The first-order valence-corrected chi connectivity index (χ1v) is 11.9. The van der Waals surface area contributed by atoms with E-state index in [4.69, 9.17) is 14.6 Å². The van der Waals surface area contributed by atoms with Crippen LogP contribution in [0.2, 0.25) is 0 Å². The summed E-state index contributed by atoms with van der Waals surface area (Å²) in [7, 11) is -3.10. The van der Waals surface area contributed by atoms with E-state index in [1.54, 1.807) is 18.3 Å². The molecule has 1 spiro atoms. The van der Waals surface area contributed by atoms with Crippen LogP contribution in [0.3, 0.4) is 0 Å². The molecule has 1 aromatic rings. The van der Waals surface area contributed by atoms with Gasteiger partial charge in [-0.25, -0.2) is 22.9 Å². The van der Waals surface area contributed by atoms with Gasteiger partial charge in [-0.15, -0.1) is 11.3 Å². The number of nitrogens with one attached hydrogen (secondary N) is 1. The van der Waals surface area contributed by atoms with Crippen molar-refractivity contribution in [3.8, 4) is 0 Å². The zero-order valence-corrected chi connectivity index (χ0v) is 18.4. The topological polar surface area (TPSA) is 109 Å². The van der Waals surface area contributed by atoms with Crippen LogP contribution in [0, 0.1) is 12.8 Å². The number of aryl methyl sites for hydroxylation is 1. The third-order valence-corrected chi connectivity index (χ3v) is 7.37. The minimum absolute atomic E-state index is 0.00127. The van der Waals surface area contributed by atoms with E-state index in [0.717, 1.165) is 38.2 Å². The Morgan fingerprint density at radius 1 is 1.47 bits per heavy atom. The van der Waals surface area contributed by atoms with Gasteiger partial charge in [0, 0.05) is 31.1 Å². The number of alkyl halides is 3. The molecule has 2 saturated heterocycles. The van der Waals surface area contributed by atoms with Crippen molar-refractivity contribution in [3.63, 3.8) is 0 Å². The Labute approximate surface area is 177 Å². The summed E-state index contributed by atoms with van der Waals surface area (Å²) < 4.78 is 63.5. The Hall–Kier alpha value is -1.28. The minimum Gasteiger partial charge on any atom is -0.475 e. The number of aromatic nitrogens is 1. The highest BCUT2D eigenvalue weighted by atomic mass is 32.2. The molecular weight excluding hydrogens is 447 g/mol. The molecule has 1 atom stereocenters. The summed E-state index contributed by atoms with van der Waals surface area (Å²) in [6.07, 6.45) is -3.04. The zero-order valence-electron chi connectivity index (χ0n) is 16.7. The number of nitrogens with zero attached hydrogens (tertiary/aromatic N) is 2. The largest absolute Gasteiger partial charge is 0.490 e. The van der Waals surface area contributed by atoms with Gasteiger partial charge in [0.25, 0.3) is 0 Å². The van der Waals surface area contributed by atoms with E-state index in [2.05, 4.69) is 21.5 Å². The molecule has 1 aromatic heterocycles. The van der Waals surface area contributed by atoms with Gasteiger partial charge in [-0.05, 0) is 32.6 Å².